The predicted octanol–water partition coefficient (Wildman–Crippen LogP) is 3.80. The van der Waals surface area contributed by atoms with Gasteiger partial charge in [-0.05, 0) is 37.5 Å². The van der Waals surface area contributed by atoms with E-state index in [0.29, 0.717) is 13.0 Å². The molecular weight excluding hydrogens is 487 g/mol. The maximum absolute atomic E-state index is 11.8. The molecule has 2 fully saturated rings. The monoisotopic (exact) mass is 518 g/mol. The average molecular weight is 519 g/mol. The quantitative estimate of drug-likeness (QED) is 0.362. The number of nitrogens with zero attached hydrogens (tertiary/aromatic N) is 2. The molecule has 1 unspecified atom stereocenters. The van der Waals surface area contributed by atoms with Crippen LogP contribution in [0.15, 0.2) is 29.3 Å². The number of hydrogen-bond donors (Lipinski definition) is 2. The zero-order chi connectivity index (χ0) is 19.5. The summed E-state index contributed by atoms with van der Waals surface area (Å²) in [5, 5.41) is 7.22. The van der Waals surface area contributed by atoms with Crippen LogP contribution in [0.5, 0.6) is 0 Å². The van der Waals surface area contributed by atoms with Crippen molar-refractivity contribution < 1.29 is 4.79 Å². The standard InChI is InChI=1S/C21H31ClN4O.HI/c1-4-23-19(25-13-20(2,3)16-6-8-17(22)9-7-16)26-11-5-10-21(15-26)12-18(27)24-14-21;/h6-9H,4-5,10-15H2,1-3H3,(H,23,25)(H,24,27);1H. The fourth-order valence-corrected chi connectivity index (χ4v) is 4.25. The second-order valence-corrected chi connectivity index (χ2v) is 8.98. The molecule has 28 heavy (non-hydrogen) atoms. The molecule has 0 aromatic heterocycles. The molecule has 156 valence electrons. The summed E-state index contributed by atoms with van der Waals surface area (Å²) >= 11 is 6.03. The first-order valence-corrected chi connectivity index (χ1v) is 10.3. The number of benzene rings is 1. The third kappa shape index (κ3) is 5.53. The van der Waals surface area contributed by atoms with Crippen LogP contribution in [0.1, 0.15) is 45.6 Å². The topological polar surface area (TPSA) is 56.7 Å². The normalized spacial score (nSPS) is 22.8. The highest BCUT2D eigenvalue weighted by molar-refractivity contribution is 14.0. The van der Waals surface area contributed by atoms with Crippen LogP contribution < -0.4 is 10.6 Å². The molecule has 0 radical (unpaired) electrons. The minimum absolute atomic E-state index is 0. The summed E-state index contributed by atoms with van der Waals surface area (Å²) in [5.41, 5.74) is 1.22. The molecule has 2 aliphatic heterocycles. The highest BCUT2D eigenvalue weighted by Gasteiger charge is 2.42. The lowest BCUT2D eigenvalue weighted by atomic mass is 9.79. The Hall–Kier alpha value is -1.02. The zero-order valence-electron chi connectivity index (χ0n) is 17.1. The number of nitrogens with one attached hydrogen (secondary N) is 2. The lowest BCUT2D eigenvalue weighted by Gasteiger charge is -2.41. The van der Waals surface area contributed by atoms with Crippen LogP contribution in [0.4, 0.5) is 0 Å². The number of carbonyl (C=O) groups excluding carboxylic acids is 1. The van der Waals surface area contributed by atoms with E-state index < -0.39 is 0 Å². The highest BCUT2D eigenvalue weighted by Crippen LogP contribution is 2.36. The average Bonchev–Trinajstić information content (AvgIpc) is 2.98. The molecule has 0 saturated carbocycles. The molecule has 1 atom stereocenters. The van der Waals surface area contributed by atoms with Gasteiger partial charge < -0.3 is 15.5 Å². The number of hydrogen-bond acceptors (Lipinski definition) is 2. The first-order chi connectivity index (χ1) is 12.8. The predicted molar refractivity (Wildman–Crippen MR) is 127 cm³/mol. The molecule has 2 aliphatic rings. The second-order valence-electron chi connectivity index (χ2n) is 8.54. The first-order valence-electron chi connectivity index (χ1n) is 9.90. The van der Waals surface area contributed by atoms with Crippen molar-refractivity contribution in [2.45, 2.75) is 45.4 Å². The highest BCUT2D eigenvalue weighted by atomic mass is 127. The van der Waals surface area contributed by atoms with Gasteiger partial charge in [-0.25, -0.2) is 0 Å². The number of rotatable bonds is 4. The number of carbonyl (C=O) groups is 1. The summed E-state index contributed by atoms with van der Waals surface area (Å²) in [6, 6.07) is 8.03. The Balaban J connectivity index is 0.00000280. The van der Waals surface area contributed by atoms with Crippen LogP contribution in [-0.2, 0) is 10.2 Å². The fraction of sp³-hybridized carbons (Fsp3) is 0.619. The van der Waals surface area contributed by atoms with Gasteiger partial charge in [-0.1, -0.05) is 37.6 Å². The lowest BCUT2D eigenvalue weighted by Crippen LogP contribution is -2.51. The van der Waals surface area contributed by atoms with Gasteiger partial charge in [-0.2, -0.15) is 0 Å². The van der Waals surface area contributed by atoms with Crippen LogP contribution in [0.25, 0.3) is 0 Å². The minimum Gasteiger partial charge on any atom is -0.357 e. The van der Waals surface area contributed by atoms with Crippen molar-refractivity contribution in [3.8, 4) is 0 Å². The summed E-state index contributed by atoms with van der Waals surface area (Å²) in [7, 11) is 0. The summed E-state index contributed by atoms with van der Waals surface area (Å²) < 4.78 is 0. The minimum atomic E-state index is -0.0797. The SMILES string of the molecule is CCNC(=NCC(C)(C)c1ccc(Cl)cc1)N1CCCC2(CNC(=O)C2)C1.I. The van der Waals surface area contributed by atoms with E-state index in [2.05, 4.69) is 48.4 Å². The van der Waals surface area contributed by atoms with Gasteiger partial charge >= 0.3 is 0 Å². The van der Waals surface area contributed by atoms with Gasteiger partial charge in [-0.15, -0.1) is 24.0 Å². The van der Waals surface area contributed by atoms with Gasteiger partial charge in [0.1, 0.15) is 0 Å². The first kappa shape index (κ1) is 23.3. The van der Waals surface area contributed by atoms with E-state index in [1.165, 1.54) is 5.56 Å². The number of halogens is 2. The number of aliphatic imine (C=N–C) groups is 1. The Kier molecular flexibility index (Phi) is 8.02. The molecule has 2 N–H and O–H groups in total. The Bertz CT molecular complexity index is 707. The Morgan fingerprint density at radius 1 is 1.36 bits per heavy atom. The summed E-state index contributed by atoms with van der Waals surface area (Å²) in [5.74, 6) is 1.14. The Morgan fingerprint density at radius 3 is 2.68 bits per heavy atom. The molecule has 7 heteroatoms. The fourth-order valence-electron chi connectivity index (χ4n) is 4.12. The zero-order valence-corrected chi connectivity index (χ0v) is 20.1. The van der Waals surface area contributed by atoms with E-state index in [9.17, 15) is 4.79 Å². The number of guanidine groups is 1. The molecule has 2 heterocycles. The van der Waals surface area contributed by atoms with Crippen LogP contribution in [0, 0.1) is 5.41 Å². The Labute approximate surface area is 190 Å². The lowest BCUT2D eigenvalue weighted by molar-refractivity contribution is -0.119. The molecule has 2 saturated heterocycles. The van der Waals surface area contributed by atoms with Gasteiger partial charge in [0.15, 0.2) is 5.96 Å². The number of piperidine rings is 1. The smallest absolute Gasteiger partial charge is 0.220 e. The van der Waals surface area contributed by atoms with Gasteiger partial charge in [0.2, 0.25) is 5.91 Å². The van der Waals surface area contributed by atoms with E-state index >= 15 is 0 Å². The van der Waals surface area contributed by atoms with Gasteiger partial charge in [0, 0.05) is 48.5 Å². The van der Waals surface area contributed by atoms with E-state index in [1.807, 2.05) is 12.1 Å². The summed E-state index contributed by atoms with van der Waals surface area (Å²) in [6.07, 6.45) is 2.84. The molecular formula is C21H32ClIN4O. The molecule has 5 nitrogen and oxygen atoms in total. The molecule has 0 bridgehead atoms. The van der Waals surface area contributed by atoms with E-state index in [0.717, 1.165) is 50.0 Å². The third-order valence-corrected chi connectivity index (χ3v) is 5.99. The van der Waals surface area contributed by atoms with E-state index in [-0.39, 0.29) is 40.7 Å². The van der Waals surface area contributed by atoms with Crippen molar-refractivity contribution in [1.29, 1.82) is 0 Å². The van der Waals surface area contributed by atoms with Crippen molar-refractivity contribution in [2.24, 2.45) is 10.4 Å². The van der Waals surface area contributed by atoms with Crippen molar-refractivity contribution >= 4 is 47.4 Å². The van der Waals surface area contributed by atoms with Crippen LogP contribution in [0.3, 0.4) is 0 Å². The summed E-state index contributed by atoms with van der Waals surface area (Å²) in [4.78, 5) is 19.1. The molecule has 3 rings (SSSR count). The van der Waals surface area contributed by atoms with Crippen LogP contribution >= 0.6 is 35.6 Å². The maximum atomic E-state index is 11.8. The van der Waals surface area contributed by atoms with Gasteiger partial charge in [0.05, 0.1) is 6.54 Å². The number of amides is 1. The largest absolute Gasteiger partial charge is 0.357 e. The van der Waals surface area contributed by atoms with Gasteiger partial charge in [0.25, 0.3) is 0 Å². The Morgan fingerprint density at radius 2 is 2.07 bits per heavy atom. The third-order valence-electron chi connectivity index (χ3n) is 5.74. The molecule has 1 amide bonds. The summed E-state index contributed by atoms with van der Waals surface area (Å²) in [6.45, 7) is 10.7. The van der Waals surface area contributed by atoms with Crippen molar-refractivity contribution in [3.05, 3.63) is 34.9 Å². The number of likely N-dealkylation sites (tertiary alicyclic amines) is 1. The molecule has 1 aromatic rings. The molecule has 1 aromatic carbocycles. The van der Waals surface area contributed by atoms with E-state index in [4.69, 9.17) is 16.6 Å². The van der Waals surface area contributed by atoms with E-state index in [1.54, 1.807) is 0 Å². The van der Waals surface area contributed by atoms with Gasteiger partial charge in [-0.3, -0.25) is 9.79 Å². The van der Waals surface area contributed by atoms with Crippen molar-refractivity contribution in [1.82, 2.24) is 15.5 Å². The van der Waals surface area contributed by atoms with Crippen molar-refractivity contribution in [2.75, 3.05) is 32.7 Å². The maximum Gasteiger partial charge on any atom is 0.220 e. The van der Waals surface area contributed by atoms with Crippen LogP contribution in [0.2, 0.25) is 5.02 Å². The van der Waals surface area contributed by atoms with Crippen LogP contribution in [-0.4, -0.2) is 49.5 Å². The molecule has 1 spiro atoms. The molecule has 0 aliphatic carbocycles. The van der Waals surface area contributed by atoms with Crippen molar-refractivity contribution in [3.63, 3.8) is 0 Å². The second kappa shape index (κ2) is 9.65.